The molecule has 0 aliphatic heterocycles. The minimum absolute atomic E-state index is 0.286. The van der Waals surface area contributed by atoms with Gasteiger partial charge in [0.05, 0.1) is 12.6 Å². The van der Waals surface area contributed by atoms with E-state index < -0.39 is 18.2 Å². The second-order valence-electron chi connectivity index (χ2n) is 4.61. The Labute approximate surface area is 124 Å². The third-order valence-electron chi connectivity index (χ3n) is 3.16. The van der Waals surface area contributed by atoms with Gasteiger partial charge in [-0.1, -0.05) is 60.7 Å². The number of rotatable bonds is 5. The highest BCUT2D eigenvalue weighted by molar-refractivity contribution is 5.68. The van der Waals surface area contributed by atoms with Crippen LogP contribution in [0.15, 0.2) is 60.7 Å². The molecule has 0 aliphatic rings. The van der Waals surface area contributed by atoms with E-state index in [2.05, 4.69) is 5.32 Å². The van der Waals surface area contributed by atoms with E-state index in [1.165, 1.54) is 0 Å². The summed E-state index contributed by atoms with van der Waals surface area (Å²) in [5.41, 5.74) is 1.56. The van der Waals surface area contributed by atoms with Crippen molar-refractivity contribution in [2.45, 2.75) is 19.1 Å². The average molecular weight is 285 g/mol. The normalized spacial score (nSPS) is 13.2. The zero-order chi connectivity index (χ0) is 15.1. The van der Waals surface area contributed by atoms with E-state index >= 15 is 0 Å². The molecule has 4 nitrogen and oxygen atoms in total. The minimum Gasteiger partial charge on any atom is -0.450 e. The van der Waals surface area contributed by atoms with Gasteiger partial charge in [-0.2, -0.15) is 0 Å². The predicted octanol–water partition coefficient (Wildman–Crippen LogP) is 3.21. The van der Waals surface area contributed by atoms with Gasteiger partial charge in [0, 0.05) is 0 Å². The monoisotopic (exact) mass is 285 g/mol. The smallest absolute Gasteiger partial charge is 0.407 e. The third kappa shape index (κ3) is 4.07. The number of aliphatic hydroxyl groups is 1. The molecular formula is C17H19NO3. The first-order valence-electron chi connectivity index (χ1n) is 6.93. The van der Waals surface area contributed by atoms with Gasteiger partial charge in [-0.15, -0.1) is 0 Å². The number of nitrogens with one attached hydrogen (secondary N) is 1. The first kappa shape index (κ1) is 15.1. The Kier molecular flexibility index (Phi) is 5.35. The van der Waals surface area contributed by atoms with Crippen LogP contribution >= 0.6 is 0 Å². The van der Waals surface area contributed by atoms with Crippen LogP contribution in [0.5, 0.6) is 0 Å². The molecule has 0 bridgehead atoms. The van der Waals surface area contributed by atoms with Gasteiger partial charge in [-0.05, 0) is 18.1 Å². The highest BCUT2D eigenvalue weighted by atomic mass is 16.5. The number of benzene rings is 2. The molecule has 2 N–H and O–H groups in total. The first-order valence-corrected chi connectivity index (χ1v) is 6.93. The summed E-state index contributed by atoms with van der Waals surface area (Å²) < 4.78 is 4.92. The van der Waals surface area contributed by atoms with Gasteiger partial charge in [0.1, 0.15) is 6.10 Å². The highest BCUT2D eigenvalue weighted by Gasteiger charge is 2.24. The molecule has 2 rings (SSSR count). The summed E-state index contributed by atoms with van der Waals surface area (Å²) in [6.45, 7) is 2.03. The van der Waals surface area contributed by atoms with Crippen LogP contribution in [-0.2, 0) is 4.74 Å². The number of hydrogen-bond donors (Lipinski definition) is 2. The van der Waals surface area contributed by atoms with Crippen LogP contribution in [0.25, 0.3) is 0 Å². The van der Waals surface area contributed by atoms with Crippen molar-refractivity contribution in [2.24, 2.45) is 0 Å². The quantitative estimate of drug-likeness (QED) is 0.887. The molecular weight excluding hydrogens is 266 g/mol. The van der Waals surface area contributed by atoms with Crippen LogP contribution in [0, 0.1) is 0 Å². The van der Waals surface area contributed by atoms with Crippen LogP contribution in [0.2, 0.25) is 0 Å². The van der Waals surface area contributed by atoms with E-state index in [4.69, 9.17) is 4.74 Å². The Morgan fingerprint density at radius 2 is 1.57 bits per heavy atom. The molecule has 4 heteroatoms. The van der Waals surface area contributed by atoms with Gasteiger partial charge >= 0.3 is 6.09 Å². The minimum atomic E-state index is -0.849. The van der Waals surface area contributed by atoms with Gasteiger partial charge < -0.3 is 15.2 Å². The maximum absolute atomic E-state index is 11.7. The molecule has 2 aromatic carbocycles. The Balaban J connectivity index is 2.25. The van der Waals surface area contributed by atoms with E-state index in [1.807, 2.05) is 60.7 Å². The molecule has 2 aromatic rings. The lowest BCUT2D eigenvalue weighted by Crippen LogP contribution is -2.33. The lowest BCUT2D eigenvalue weighted by atomic mass is 9.96. The van der Waals surface area contributed by atoms with E-state index in [1.54, 1.807) is 6.92 Å². The molecule has 2 unspecified atom stereocenters. The molecule has 0 spiro atoms. The number of aliphatic hydroxyl groups excluding tert-OH is 1. The Morgan fingerprint density at radius 3 is 2.10 bits per heavy atom. The molecule has 0 aromatic heterocycles. The molecule has 1 amide bonds. The molecule has 0 fully saturated rings. The van der Waals surface area contributed by atoms with Crippen molar-refractivity contribution in [1.82, 2.24) is 5.32 Å². The van der Waals surface area contributed by atoms with Crippen molar-refractivity contribution >= 4 is 6.09 Å². The van der Waals surface area contributed by atoms with Gasteiger partial charge in [0.2, 0.25) is 0 Å². The molecule has 0 aliphatic carbocycles. The summed E-state index contributed by atoms with van der Waals surface area (Å²) >= 11 is 0. The van der Waals surface area contributed by atoms with Crippen molar-refractivity contribution in [2.75, 3.05) is 6.61 Å². The SMILES string of the molecule is CCOC(=O)NC(c1ccccc1)C(O)c1ccccc1. The molecule has 0 saturated carbocycles. The topological polar surface area (TPSA) is 58.6 Å². The van der Waals surface area contributed by atoms with Crippen LogP contribution in [0.3, 0.4) is 0 Å². The van der Waals surface area contributed by atoms with Gasteiger partial charge in [0.25, 0.3) is 0 Å². The highest BCUT2D eigenvalue weighted by Crippen LogP contribution is 2.28. The van der Waals surface area contributed by atoms with Crippen LogP contribution in [0.4, 0.5) is 4.79 Å². The first-order chi connectivity index (χ1) is 10.2. The van der Waals surface area contributed by atoms with Crippen molar-refractivity contribution in [1.29, 1.82) is 0 Å². The molecule has 110 valence electrons. The Bertz CT molecular complexity index is 557. The zero-order valence-electron chi connectivity index (χ0n) is 11.9. The van der Waals surface area contributed by atoms with Crippen molar-refractivity contribution in [3.8, 4) is 0 Å². The largest absolute Gasteiger partial charge is 0.450 e. The zero-order valence-corrected chi connectivity index (χ0v) is 11.9. The molecule has 2 atom stereocenters. The van der Waals surface area contributed by atoms with Gasteiger partial charge in [0.15, 0.2) is 0 Å². The van der Waals surface area contributed by atoms with Crippen molar-refractivity contribution < 1.29 is 14.6 Å². The van der Waals surface area contributed by atoms with Crippen molar-refractivity contribution in [3.63, 3.8) is 0 Å². The Hall–Kier alpha value is -2.33. The lowest BCUT2D eigenvalue weighted by molar-refractivity contribution is 0.107. The standard InChI is InChI=1S/C17H19NO3/c1-2-21-17(20)18-15(13-9-5-3-6-10-13)16(19)14-11-7-4-8-12-14/h3-12,15-16,19H,2H2,1H3,(H,18,20). The maximum Gasteiger partial charge on any atom is 0.407 e. The fraction of sp³-hybridized carbons (Fsp3) is 0.235. The van der Waals surface area contributed by atoms with Crippen molar-refractivity contribution in [3.05, 3.63) is 71.8 Å². The van der Waals surface area contributed by atoms with E-state index in [0.29, 0.717) is 0 Å². The van der Waals surface area contributed by atoms with Crippen LogP contribution in [-0.4, -0.2) is 17.8 Å². The molecule has 0 radical (unpaired) electrons. The average Bonchev–Trinajstić information content (AvgIpc) is 2.54. The Morgan fingerprint density at radius 1 is 1.05 bits per heavy atom. The number of carbonyl (C=O) groups is 1. The number of ether oxygens (including phenoxy) is 1. The number of alkyl carbamates (subject to hydrolysis) is 1. The summed E-state index contributed by atoms with van der Waals surface area (Å²) in [6, 6.07) is 18.0. The van der Waals surface area contributed by atoms with Gasteiger partial charge in [-0.3, -0.25) is 0 Å². The lowest BCUT2D eigenvalue weighted by Gasteiger charge is -2.24. The molecule has 0 saturated heterocycles. The predicted molar refractivity (Wildman–Crippen MR) is 80.7 cm³/mol. The summed E-state index contributed by atoms with van der Waals surface area (Å²) in [6.07, 6.45) is -1.39. The molecule has 0 heterocycles. The third-order valence-corrected chi connectivity index (χ3v) is 3.16. The van der Waals surface area contributed by atoms with Crippen LogP contribution in [0.1, 0.15) is 30.2 Å². The number of hydrogen-bond acceptors (Lipinski definition) is 3. The summed E-state index contributed by atoms with van der Waals surface area (Å²) in [7, 11) is 0. The fourth-order valence-electron chi connectivity index (χ4n) is 2.15. The number of carbonyl (C=O) groups excluding carboxylic acids is 1. The van der Waals surface area contributed by atoms with Gasteiger partial charge in [-0.25, -0.2) is 4.79 Å². The van der Waals surface area contributed by atoms with E-state index in [-0.39, 0.29) is 6.61 Å². The maximum atomic E-state index is 11.7. The van der Waals surface area contributed by atoms with E-state index in [0.717, 1.165) is 11.1 Å². The van der Waals surface area contributed by atoms with E-state index in [9.17, 15) is 9.90 Å². The van der Waals surface area contributed by atoms with Crippen LogP contribution < -0.4 is 5.32 Å². The molecule has 21 heavy (non-hydrogen) atoms. The second kappa shape index (κ2) is 7.45. The number of amides is 1. The fourth-order valence-corrected chi connectivity index (χ4v) is 2.15. The summed E-state index contributed by atoms with van der Waals surface area (Å²) in [5, 5.41) is 13.3. The second-order valence-corrected chi connectivity index (χ2v) is 4.61. The summed E-state index contributed by atoms with van der Waals surface area (Å²) in [5.74, 6) is 0. The summed E-state index contributed by atoms with van der Waals surface area (Å²) in [4.78, 5) is 11.7.